The maximum absolute atomic E-state index is 12.2. The van der Waals surface area contributed by atoms with Crippen LogP contribution < -0.4 is 15.6 Å². The second kappa shape index (κ2) is 7.79. The number of ether oxygens (including phenoxy) is 1. The summed E-state index contributed by atoms with van der Waals surface area (Å²) in [6.07, 6.45) is 2.00. The minimum Gasteiger partial charge on any atom is -0.484 e. The van der Waals surface area contributed by atoms with E-state index >= 15 is 0 Å². The van der Waals surface area contributed by atoms with Crippen molar-refractivity contribution in [2.24, 2.45) is 0 Å². The second-order valence-corrected chi connectivity index (χ2v) is 5.50. The third kappa shape index (κ3) is 4.46. The van der Waals surface area contributed by atoms with Crippen molar-refractivity contribution in [3.63, 3.8) is 0 Å². The van der Waals surface area contributed by atoms with Crippen molar-refractivity contribution in [1.29, 1.82) is 0 Å². The number of nitrogens with zero attached hydrogens (tertiary/aromatic N) is 2. The van der Waals surface area contributed by atoms with E-state index in [0.29, 0.717) is 25.3 Å². The van der Waals surface area contributed by atoms with Crippen LogP contribution in [0.2, 0.25) is 0 Å². The number of carbonyl (C=O) groups excluding carboxylic acids is 1. The summed E-state index contributed by atoms with van der Waals surface area (Å²) in [7, 11) is 0. The number of rotatable bonds is 6. The lowest BCUT2D eigenvalue weighted by molar-refractivity contribution is -0.132. The fraction of sp³-hybridized carbons (Fsp3) is 0.500. The number of hydrogen-bond donors (Lipinski definition) is 1. The number of amides is 1. The number of pyridine rings is 1. The van der Waals surface area contributed by atoms with Crippen molar-refractivity contribution in [3.05, 3.63) is 40.8 Å². The first-order chi connectivity index (χ1) is 10.6. The Hall–Kier alpha value is -2.08. The van der Waals surface area contributed by atoms with E-state index in [1.807, 2.05) is 11.8 Å². The summed E-state index contributed by atoms with van der Waals surface area (Å²) in [6, 6.07) is 3.39. The van der Waals surface area contributed by atoms with E-state index in [-0.39, 0.29) is 11.5 Å². The van der Waals surface area contributed by atoms with Gasteiger partial charge in [0, 0.05) is 45.3 Å². The Morgan fingerprint density at radius 2 is 2.14 bits per heavy atom. The lowest BCUT2D eigenvalue weighted by atomic mass is 10.3. The SMILES string of the molecule is C=C(C)COc1cccn(CCC(=O)N2CCNCC2)c1=O. The molecule has 22 heavy (non-hydrogen) atoms. The van der Waals surface area contributed by atoms with E-state index in [2.05, 4.69) is 11.9 Å². The van der Waals surface area contributed by atoms with Crippen LogP contribution in [0.25, 0.3) is 0 Å². The molecule has 1 amide bonds. The van der Waals surface area contributed by atoms with Gasteiger partial charge in [0.25, 0.3) is 5.56 Å². The normalized spacial score (nSPS) is 14.7. The lowest BCUT2D eigenvalue weighted by Crippen LogP contribution is -2.46. The van der Waals surface area contributed by atoms with Crippen molar-refractivity contribution < 1.29 is 9.53 Å². The van der Waals surface area contributed by atoms with Crippen LogP contribution in [-0.4, -0.2) is 48.2 Å². The highest BCUT2D eigenvalue weighted by atomic mass is 16.5. The summed E-state index contributed by atoms with van der Waals surface area (Å²) < 4.78 is 6.95. The van der Waals surface area contributed by atoms with Gasteiger partial charge in [0.1, 0.15) is 6.61 Å². The van der Waals surface area contributed by atoms with Gasteiger partial charge in [0.05, 0.1) is 0 Å². The highest BCUT2D eigenvalue weighted by Crippen LogP contribution is 2.05. The van der Waals surface area contributed by atoms with Crippen LogP contribution >= 0.6 is 0 Å². The van der Waals surface area contributed by atoms with Gasteiger partial charge in [0.2, 0.25) is 5.91 Å². The molecule has 1 aliphatic heterocycles. The standard InChI is InChI=1S/C16H23N3O3/c1-13(2)12-22-14-4-3-8-19(16(14)21)9-5-15(20)18-10-6-17-7-11-18/h3-4,8,17H,1,5-7,9-12H2,2H3. The molecule has 6 heteroatoms. The van der Waals surface area contributed by atoms with Gasteiger partial charge in [-0.15, -0.1) is 0 Å². The summed E-state index contributed by atoms with van der Waals surface area (Å²) in [6.45, 7) is 9.39. The minimum atomic E-state index is -0.211. The largest absolute Gasteiger partial charge is 0.484 e. The Morgan fingerprint density at radius 1 is 1.41 bits per heavy atom. The van der Waals surface area contributed by atoms with Gasteiger partial charge < -0.3 is 19.5 Å². The first-order valence-corrected chi connectivity index (χ1v) is 7.53. The van der Waals surface area contributed by atoms with Crippen LogP contribution in [0.1, 0.15) is 13.3 Å². The van der Waals surface area contributed by atoms with Crippen LogP contribution in [0.3, 0.4) is 0 Å². The van der Waals surface area contributed by atoms with E-state index in [9.17, 15) is 9.59 Å². The number of nitrogens with one attached hydrogen (secondary N) is 1. The molecule has 1 N–H and O–H groups in total. The number of aromatic nitrogens is 1. The highest BCUT2D eigenvalue weighted by molar-refractivity contribution is 5.76. The molecule has 1 aliphatic rings. The highest BCUT2D eigenvalue weighted by Gasteiger charge is 2.16. The van der Waals surface area contributed by atoms with Crippen molar-refractivity contribution in [1.82, 2.24) is 14.8 Å². The molecule has 0 bridgehead atoms. The van der Waals surface area contributed by atoms with Gasteiger partial charge in [-0.2, -0.15) is 0 Å². The third-order valence-electron chi connectivity index (χ3n) is 3.50. The molecule has 0 radical (unpaired) electrons. The van der Waals surface area contributed by atoms with Gasteiger partial charge in [-0.3, -0.25) is 9.59 Å². The fourth-order valence-electron chi connectivity index (χ4n) is 2.29. The van der Waals surface area contributed by atoms with Crippen LogP contribution in [0, 0.1) is 0 Å². The first-order valence-electron chi connectivity index (χ1n) is 7.53. The van der Waals surface area contributed by atoms with Crippen molar-refractivity contribution >= 4 is 5.91 Å². The summed E-state index contributed by atoms with van der Waals surface area (Å²) >= 11 is 0. The van der Waals surface area contributed by atoms with Crippen LogP contribution in [-0.2, 0) is 11.3 Å². The second-order valence-electron chi connectivity index (χ2n) is 5.50. The molecule has 1 aromatic heterocycles. The Kier molecular flexibility index (Phi) is 5.77. The van der Waals surface area contributed by atoms with Crippen LogP contribution in [0.5, 0.6) is 5.75 Å². The third-order valence-corrected chi connectivity index (χ3v) is 3.50. The molecular weight excluding hydrogens is 282 g/mol. The molecule has 1 aromatic rings. The minimum absolute atomic E-state index is 0.0849. The molecule has 0 unspecified atom stereocenters. The molecule has 0 aliphatic carbocycles. The smallest absolute Gasteiger partial charge is 0.292 e. The van der Waals surface area contributed by atoms with E-state index < -0.39 is 0 Å². The van der Waals surface area contributed by atoms with Gasteiger partial charge in [-0.1, -0.05) is 6.58 Å². The molecule has 0 atom stereocenters. The molecule has 120 valence electrons. The quantitative estimate of drug-likeness (QED) is 0.783. The van der Waals surface area contributed by atoms with E-state index in [1.165, 1.54) is 4.57 Å². The van der Waals surface area contributed by atoms with Gasteiger partial charge in [0.15, 0.2) is 5.75 Å². The fourth-order valence-corrected chi connectivity index (χ4v) is 2.29. The Morgan fingerprint density at radius 3 is 2.82 bits per heavy atom. The monoisotopic (exact) mass is 305 g/mol. The average Bonchev–Trinajstić information content (AvgIpc) is 2.53. The summed E-state index contributed by atoms with van der Waals surface area (Å²) in [4.78, 5) is 26.2. The predicted molar refractivity (Wildman–Crippen MR) is 85.1 cm³/mol. The van der Waals surface area contributed by atoms with Crippen molar-refractivity contribution in [2.75, 3.05) is 32.8 Å². The molecule has 0 spiro atoms. The van der Waals surface area contributed by atoms with Gasteiger partial charge in [-0.05, 0) is 24.6 Å². The topological polar surface area (TPSA) is 63.6 Å². The van der Waals surface area contributed by atoms with E-state index in [1.54, 1.807) is 18.3 Å². The zero-order chi connectivity index (χ0) is 15.9. The zero-order valence-electron chi connectivity index (χ0n) is 13.0. The summed E-state index contributed by atoms with van der Waals surface area (Å²) in [5, 5.41) is 3.21. The number of carbonyl (C=O) groups is 1. The molecule has 2 heterocycles. The first kappa shape index (κ1) is 16.3. The average molecular weight is 305 g/mol. The molecule has 6 nitrogen and oxygen atoms in total. The van der Waals surface area contributed by atoms with Crippen molar-refractivity contribution in [3.8, 4) is 5.75 Å². The van der Waals surface area contributed by atoms with Gasteiger partial charge in [-0.25, -0.2) is 0 Å². The Bertz CT molecular complexity index is 589. The predicted octanol–water partition coefficient (Wildman–Crippen LogP) is 0.625. The lowest BCUT2D eigenvalue weighted by Gasteiger charge is -2.27. The van der Waals surface area contributed by atoms with Crippen LogP contribution in [0.4, 0.5) is 0 Å². The van der Waals surface area contributed by atoms with Crippen molar-refractivity contribution in [2.45, 2.75) is 19.9 Å². The molecule has 0 aromatic carbocycles. The Balaban J connectivity index is 1.94. The molecule has 1 saturated heterocycles. The molecule has 2 rings (SSSR count). The maximum Gasteiger partial charge on any atom is 0.292 e. The maximum atomic E-state index is 12.2. The van der Waals surface area contributed by atoms with Gasteiger partial charge >= 0.3 is 0 Å². The molecular formula is C16H23N3O3. The summed E-state index contributed by atoms with van der Waals surface area (Å²) in [5.41, 5.74) is 0.639. The number of aryl methyl sites for hydroxylation is 1. The summed E-state index contributed by atoms with van der Waals surface area (Å²) in [5.74, 6) is 0.377. The van der Waals surface area contributed by atoms with Crippen LogP contribution in [0.15, 0.2) is 35.3 Å². The van der Waals surface area contributed by atoms with E-state index in [0.717, 1.165) is 31.8 Å². The number of hydrogen-bond acceptors (Lipinski definition) is 4. The number of piperazine rings is 1. The zero-order valence-corrected chi connectivity index (χ0v) is 13.0. The molecule has 1 fully saturated rings. The van der Waals surface area contributed by atoms with E-state index in [4.69, 9.17) is 4.74 Å². The Labute approximate surface area is 130 Å². The molecule has 0 saturated carbocycles.